The largest absolute Gasteiger partial charge is 0.481 e. The van der Waals surface area contributed by atoms with Gasteiger partial charge in [0.1, 0.15) is 5.82 Å². The number of aliphatic hydroxyl groups is 1. The predicted octanol–water partition coefficient (Wildman–Crippen LogP) is 3.01. The Morgan fingerprint density at radius 2 is 2.24 bits per heavy atom. The van der Waals surface area contributed by atoms with E-state index in [4.69, 9.17) is 10.00 Å². The number of rotatable bonds is 2. The van der Waals surface area contributed by atoms with Crippen LogP contribution in [0.3, 0.4) is 0 Å². The third-order valence-electron chi connectivity index (χ3n) is 2.48. The second-order valence-electron chi connectivity index (χ2n) is 3.51. The fourth-order valence-corrected chi connectivity index (χ4v) is 1.76. The van der Waals surface area contributed by atoms with Gasteiger partial charge in [0, 0.05) is 11.1 Å². The molecule has 1 aromatic rings. The third kappa shape index (κ3) is 1.87. The number of benzene rings is 1. The minimum Gasteiger partial charge on any atom is -0.481 e. The summed E-state index contributed by atoms with van der Waals surface area (Å²) in [5.74, 6) is -0.706. The zero-order valence-electron chi connectivity index (χ0n) is 9.20. The van der Waals surface area contributed by atoms with Crippen LogP contribution < -0.4 is 0 Å². The Hall–Kier alpha value is -2.28. The monoisotopic (exact) mass is 231 g/mol. The molecule has 0 amide bonds. The van der Waals surface area contributed by atoms with Gasteiger partial charge in [0.15, 0.2) is 0 Å². The normalized spacial score (nSPS) is 15.9. The molecule has 1 aliphatic carbocycles. The van der Waals surface area contributed by atoms with E-state index in [0.29, 0.717) is 28.9 Å². The summed E-state index contributed by atoms with van der Waals surface area (Å²) in [5.41, 5.74) is 1.82. The van der Waals surface area contributed by atoms with Crippen LogP contribution in [0, 0.1) is 17.1 Å². The molecule has 0 aliphatic heterocycles. The summed E-state index contributed by atoms with van der Waals surface area (Å²) >= 11 is 0. The van der Waals surface area contributed by atoms with Crippen LogP contribution >= 0.6 is 0 Å². The number of allylic oxidation sites excluding steroid dienone is 3. The number of nitrogens with zero attached hydrogens (tertiary/aromatic N) is 1. The molecule has 0 saturated carbocycles. The fraction of sp³-hybridized carbons (Fsp3) is 0.154. The number of ether oxygens (including phenoxy) is 1. The number of hydrogen-bond acceptors (Lipinski definition) is 3. The molecule has 0 atom stereocenters. The first-order valence-corrected chi connectivity index (χ1v) is 5.15. The molecule has 0 aromatic heterocycles. The van der Waals surface area contributed by atoms with Crippen molar-refractivity contribution in [1.29, 1.82) is 5.26 Å². The summed E-state index contributed by atoms with van der Waals surface area (Å²) in [7, 11) is 0. The van der Waals surface area contributed by atoms with Gasteiger partial charge in [-0.3, -0.25) is 0 Å². The Kier molecular flexibility index (Phi) is 2.84. The van der Waals surface area contributed by atoms with E-state index in [0.717, 1.165) is 0 Å². The van der Waals surface area contributed by atoms with Crippen molar-refractivity contribution in [3.8, 4) is 6.07 Å². The van der Waals surface area contributed by atoms with Crippen molar-refractivity contribution in [2.75, 3.05) is 6.61 Å². The lowest BCUT2D eigenvalue weighted by Crippen LogP contribution is -1.94. The molecule has 1 N–H and O–H groups in total. The minimum atomic E-state index is -0.418. The fourth-order valence-electron chi connectivity index (χ4n) is 1.76. The van der Waals surface area contributed by atoms with Crippen molar-refractivity contribution in [1.82, 2.24) is 0 Å². The Labute approximate surface area is 98.1 Å². The minimum absolute atomic E-state index is 0.287. The summed E-state index contributed by atoms with van der Waals surface area (Å²) in [5, 5.41) is 18.6. The quantitative estimate of drug-likeness (QED) is 0.796. The van der Waals surface area contributed by atoms with Gasteiger partial charge in [0.05, 0.1) is 23.8 Å². The maximum Gasteiger partial charge on any atom is 0.284 e. The standard InChI is InChI=1S/C13H10FNO2/c1-2-17-13(16)12-5-8(7-15)10-4-3-9(14)6-11(10)12/h3-6,16H,2H2,1H3/b13-12+. The molecule has 0 unspecified atom stereocenters. The molecular formula is C13H10FNO2. The highest BCUT2D eigenvalue weighted by Gasteiger charge is 2.22. The van der Waals surface area contributed by atoms with Crippen molar-refractivity contribution in [2.45, 2.75) is 6.92 Å². The van der Waals surface area contributed by atoms with Crippen molar-refractivity contribution in [2.24, 2.45) is 0 Å². The number of fused-ring (bicyclic) bond motifs is 1. The molecule has 0 saturated heterocycles. The van der Waals surface area contributed by atoms with Crippen LogP contribution in [0.2, 0.25) is 0 Å². The first-order chi connectivity index (χ1) is 8.17. The van der Waals surface area contributed by atoms with E-state index < -0.39 is 5.82 Å². The molecule has 0 spiro atoms. The first kappa shape index (κ1) is 11.2. The first-order valence-electron chi connectivity index (χ1n) is 5.15. The number of aliphatic hydroxyl groups excluding tert-OH is 1. The molecule has 0 bridgehead atoms. The van der Waals surface area contributed by atoms with E-state index in [1.807, 2.05) is 6.07 Å². The summed E-state index contributed by atoms with van der Waals surface area (Å²) in [6.07, 6.45) is 1.50. The average Bonchev–Trinajstić information content (AvgIpc) is 2.67. The maximum atomic E-state index is 13.2. The van der Waals surface area contributed by atoms with Crippen molar-refractivity contribution in [3.05, 3.63) is 47.2 Å². The highest BCUT2D eigenvalue weighted by atomic mass is 19.1. The third-order valence-corrected chi connectivity index (χ3v) is 2.48. The lowest BCUT2D eigenvalue weighted by atomic mass is 10.0. The Bertz CT molecular complexity index is 567. The van der Waals surface area contributed by atoms with Crippen molar-refractivity contribution in [3.63, 3.8) is 0 Å². The summed E-state index contributed by atoms with van der Waals surface area (Å²) in [6.45, 7) is 2.03. The smallest absolute Gasteiger partial charge is 0.284 e. The van der Waals surface area contributed by atoms with Gasteiger partial charge in [-0.15, -0.1) is 0 Å². The number of nitriles is 1. The molecule has 2 rings (SSSR count). The molecule has 1 aliphatic rings. The highest BCUT2D eigenvalue weighted by molar-refractivity contribution is 6.00. The van der Waals surface area contributed by atoms with E-state index in [-0.39, 0.29) is 5.95 Å². The average molecular weight is 231 g/mol. The van der Waals surface area contributed by atoms with Crippen LogP contribution in [0.15, 0.2) is 30.2 Å². The van der Waals surface area contributed by atoms with Gasteiger partial charge >= 0.3 is 0 Å². The molecule has 0 radical (unpaired) electrons. The van der Waals surface area contributed by atoms with Crippen molar-refractivity contribution < 1.29 is 14.2 Å². The zero-order valence-corrected chi connectivity index (χ0v) is 9.20. The van der Waals surface area contributed by atoms with Gasteiger partial charge in [-0.1, -0.05) is 6.07 Å². The molecule has 86 valence electrons. The second-order valence-corrected chi connectivity index (χ2v) is 3.51. The van der Waals surface area contributed by atoms with Gasteiger partial charge < -0.3 is 9.84 Å². The van der Waals surface area contributed by atoms with E-state index in [1.54, 1.807) is 6.92 Å². The maximum absolute atomic E-state index is 13.2. The van der Waals surface area contributed by atoms with Gasteiger partial charge in [-0.25, -0.2) is 4.39 Å². The lowest BCUT2D eigenvalue weighted by Gasteiger charge is -2.05. The van der Waals surface area contributed by atoms with Gasteiger partial charge in [-0.2, -0.15) is 5.26 Å². The van der Waals surface area contributed by atoms with Gasteiger partial charge in [-0.05, 0) is 25.1 Å². The Balaban J connectivity index is 2.61. The van der Waals surface area contributed by atoms with Crippen molar-refractivity contribution >= 4 is 11.1 Å². The summed E-state index contributed by atoms with van der Waals surface area (Å²) in [4.78, 5) is 0. The van der Waals surface area contributed by atoms with Gasteiger partial charge in [0.2, 0.25) is 0 Å². The molecule has 17 heavy (non-hydrogen) atoms. The van der Waals surface area contributed by atoms with E-state index in [9.17, 15) is 9.50 Å². The molecule has 3 nitrogen and oxygen atoms in total. The van der Waals surface area contributed by atoms with Crippen LogP contribution in [0.1, 0.15) is 18.1 Å². The number of halogens is 1. The number of hydrogen-bond donors (Lipinski definition) is 1. The lowest BCUT2D eigenvalue weighted by molar-refractivity contribution is 0.105. The Morgan fingerprint density at radius 3 is 2.88 bits per heavy atom. The SMILES string of the molecule is CCO/C(O)=C1\C=C(C#N)c2ccc(F)cc21. The molecule has 1 aromatic carbocycles. The molecular weight excluding hydrogens is 221 g/mol. The van der Waals surface area contributed by atoms with E-state index >= 15 is 0 Å². The van der Waals surface area contributed by atoms with Crippen LogP contribution in [0.4, 0.5) is 4.39 Å². The van der Waals surface area contributed by atoms with Crippen LogP contribution in [0.25, 0.3) is 11.1 Å². The molecule has 0 fully saturated rings. The molecule has 4 heteroatoms. The topological polar surface area (TPSA) is 53.2 Å². The van der Waals surface area contributed by atoms with E-state index in [1.165, 1.54) is 24.3 Å². The summed E-state index contributed by atoms with van der Waals surface area (Å²) < 4.78 is 18.1. The predicted molar refractivity (Wildman–Crippen MR) is 61.2 cm³/mol. The zero-order chi connectivity index (χ0) is 12.4. The highest BCUT2D eigenvalue weighted by Crippen LogP contribution is 2.36. The van der Waals surface area contributed by atoms with E-state index in [2.05, 4.69) is 0 Å². The summed E-state index contributed by atoms with van der Waals surface area (Å²) in [6, 6.07) is 6.09. The Morgan fingerprint density at radius 1 is 1.47 bits per heavy atom. The van der Waals surface area contributed by atoms with Crippen LogP contribution in [-0.2, 0) is 4.74 Å². The second kappa shape index (κ2) is 4.30. The van der Waals surface area contributed by atoms with Crippen LogP contribution in [0.5, 0.6) is 0 Å². The van der Waals surface area contributed by atoms with Gasteiger partial charge in [0.25, 0.3) is 5.95 Å². The molecule has 0 heterocycles. The van der Waals surface area contributed by atoms with Crippen LogP contribution in [-0.4, -0.2) is 11.7 Å².